The third-order valence-electron chi connectivity index (χ3n) is 6.75. The summed E-state index contributed by atoms with van der Waals surface area (Å²) in [5.74, 6) is -1.04. The molecule has 0 atom stereocenters. The van der Waals surface area contributed by atoms with Crippen molar-refractivity contribution in [3.63, 3.8) is 0 Å². The van der Waals surface area contributed by atoms with Crippen molar-refractivity contribution in [2.75, 3.05) is 7.11 Å². The van der Waals surface area contributed by atoms with Crippen molar-refractivity contribution in [3.05, 3.63) is 40.2 Å². The number of carboxylic acids is 1. The van der Waals surface area contributed by atoms with Crippen LogP contribution >= 0.6 is 0 Å². The van der Waals surface area contributed by atoms with Crippen molar-refractivity contribution in [1.82, 2.24) is 9.88 Å². The van der Waals surface area contributed by atoms with Crippen LogP contribution in [0, 0.1) is 5.41 Å². The topological polar surface area (TPSA) is 97.6 Å². The maximum absolute atomic E-state index is 13.4. The van der Waals surface area contributed by atoms with Crippen LogP contribution in [0.15, 0.2) is 29.1 Å². The minimum Gasteiger partial charge on any atom is -0.497 e. The van der Waals surface area contributed by atoms with E-state index in [1.54, 1.807) is 29.9 Å². The molecule has 0 saturated heterocycles. The number of hydrogen-bond acceptors (Lipinski definition) is 4. The van der Waals surface area contributed by atoms with E-state index in [0.29, 0.717) is 43.5 Å². The van der Waals surface area contributed by atoms with E-state index in [1.165, 1.54) is 0 Å². The molecule has 0 bridgehead atoms. The summed E-state index contributed by atoms with van der Waals surface area (Å²) < 4.78 is 6.93. The number of carboxylic acid groups (broad SMARTS) is 1. The molecule has 7 nitrogen and oxygen atoms in total. The summed E-state index contributed by atoms with van der Waals surface area (Å²) in [5, 5.41) is 13.4. The summed E-state index contributed by atoms with van der Waals surface area (Å²) in [5.41, 5.74) is -1.03. The third kappa shape index (κ3) is 4.81. The molecule has 174 valence electrons. The highest BCUT2D eigenvalue weighted by molar-refractivity contribution is 6.00. The number of fused-ring (bicyclic) bond motifs is 1. The number of aliphatic carboxylic acids is 1. The molecule has 1 aromatic carbocycles. The first-order valence-electron chi connectivity index (χ1n) is 11.4. The van der Waals surface area contributed by atoms with Crippen LogP contribution < -0.4 is 15.6 Å². The van der Waals surface area contributed by atoms with Gasteiger partial charge in [-0.1, -0.05) is 33.6 Å². The van der Waals surface area contributed by atoms with Gasteiger partial charge in [0.2, 0.25) is 0 Å². The third-order valence-corrected chi connectivity index (χ3v) is 6.75. The second-order valence-electron chi connectivity index (χ2n) is 9.65. The van der Waals surface area contributed by atoms with Crippen molar-refractivity contribution < 1.29 is 19.4 Å². The van der Waals surface area contributed by atoms with Gasteiger partial charge in [-0.3, -0.25) is 9.59 Å². The first-order chi connectivity index (χ1) is 15.1. The number of amides is 1. The summed E-state index contributed by atoms with van der Waals surface area (Å²) in [4.78, 5) is 38.7. The minimum atomic E-state index is -1.35. The number of aromatic nitrogens is 1. The van der Waals surface area contributed by atoms with Gasteiger partial charge in [0.25, 0.3) is 11.5 Å². The fourth-order valence-corrected chi connectivity index (χ4v) is 4.41. The lowest BCUT2D eigenvalue weighted by Gasteiger charge is -2.41. The van der Waals surface area contributed by atoms with Crippen LogP contribution in [0.4, 0.5) is 0 Å². The molecule has 1 aromatic heterocycles. The Bertz CT molecular complexity index is 1060. The molecule has 32 heavy (non-hydrogen) atoms. The number of hydrogen-bond donors (Lipinski definition) is 2. The fraction of sp³-hybridized carbons (Fsp3) is 0.560. The highest BCUT2D eigenvalue weighted by Gasteiger charge is 2.45. The first-order valence-corrected chi connectivity index (χ1v) is 11.4. The molecule has 0 unspecified atom stereocenters. The zero-order chi connectivity index (χ0) is 23.5. The van der Waals surface area contributed by atoms with Gasteiger partial charge in [0.15, 0.2) is 0 Å². The molecule has 1 saturated carbocycles. The Morgan fingerprint density at radius 1 is 1.12 bits per heavy atom. The van der Waals surface area contributed by atoms with Crippen molar-refractivity contribution in [3.8, 4) is 5.75 Å². The number of carbonyl (C=O) groups is 2. The van der Waals surface area contributed by atoms with Crippen LogP contribution in [0.3, 0.4) is 0 Å². The van der Waals surface area contributed by atoms with E-state index in [2.05, 4.69) is 26.1 Å². The van der Waals surface area contributed by atoms with E-state index >= 15 is 0 Å². The molecule has 1 heterocycles. The van der Waals surface area contributed by atoms with Crippen LogP contribution in [0.2, 0.25) is 0 Å². The van der Waals surface area contributed by atoms with E-state index in [4.69, 9.17) is 4.74 Å². The lowest BCUT2D eigenvalue weighted by Crippen LogP contribution is -2.57. The molecule has 2 aromatic rings. The smallest absolute Gasteiger partial charge is 0.329 e. The largest absolute Gasteiger partial charge is 0.497 e. The number of ether oxygens (including phenoxy) is 1. The van der Waals surface area contributed by atoms with Gasteiger partial charge in [0.05, 0.1) is 12.6 Å². The maximum atomic E-state index is 13.4. The van der Waals surface area contributed by atoms with E-state index < -0.39 is 23.0 Å². The molecular formula is C25H34N2O5. The number of carbonyl (C=O) groups excluding carboxylic acids is 1. The molecule has 1 aliphatic rings. The van der Waals surface area contributed by atoms with Crippen LogP contribution in [-0.4, -0.2) is 34.2 Å². The molecular weight excluding hydrogens is 408 g/mol. The summed E-state index contributed by atoms with van der Waals surface area (Å²) >= 11 is 0. The molecule has 1 fully saturated rings. The van der Waals surface area contributed by atoms with Gasteiger partial charge in [0, 0.05) is 12.6 Å². The fourth-order valence-electron chi connectivity index (χ4n) is 4.41. The summed E-state index contributed by atoms with van der Waals surface area (Å²) in [7, 11) is 1.57. The Morgan fingerprint density at radius 2 is 1.81 bits per heavy atom. The van der Waals surface area contributed by atoms with E-state index in [0.717, 1.165) is 24.6 Å². The highest BCUT2D eigenvalue weighted by Crippen LogP contribution is 2.40. The quantitative estimate of drug-likeness (QED) is 0.592. The molecule has 3 rings (SSSR count). The molecule has 0 radical (unpaired) electrons. The average Bonchev–Trinajstić information content (AvgIpc) is 2.76. The van der Waals surface area contributed by atoms with Crippen LogP contribution in [-0.2, 0) is 11.3 Å². The number of nitrogens with one attached hydrogen (secondary N) is 1. The van der Waals surface area contributed by atoms with Crippen LogP contribution in [0.1, 0.15) is 76.1 Å². The number of rotatable bonds is 8. The van der Waals surface area contributed by atoms with Gasteiger partial charge in [-0.05, 0) is 61.1 Å². The Morgan fingerprint density at radius 3 is 2.41 bits per heavy atom. The number of pyridine rings is 1. The number of nitrogens with zero attached hydrogens (tertiary/aromatic N) is 1. The van der Waals surface area contributed by atoms with Crippen molar-refractivity contribution in [2.45, 2.75) is 77.8 Å². The van der Waals surface area contributed by atoms with Crippen molar-refractivity contribution in [2.24, 2.45) is 5.41 Å². The Kier molecular flexibility index (Phi) is 6.96. The van der Waals surface area contributed by atoms with Crippen molar-refractivity contribution in [1.29, 1.82) is 0 Å². The first kappa shape index (κ1) is 23.8. The van der Waals surface area contributed by atoms with Crippen molar-refractivity contribution >= 4 is 22.8 Å². The zero-order valence-corrected chi connectivity index (χ0v) is 19.5. The molecule has 1 amide bonds. The van der Waals surface area contributed by atoms with Crippen LogP contribution in [0.25, 0.3) is 10.9 Å². The molecule has 1 aliphatic carbocycles. The van der Waals surface area contributed by atoms with Gasteiger partial charge in [-0.25, -0.2) is 4.79 Å². The lowest BCUT2D eigenvalue weighted by molar-refractivity contribution is -0.146. The predicted molar refractivity (Wildman–Crippen MR) is 124 cm³/mol. The second kappa shape index (κ2) is 9.35. The number of methoxy groups -OCH3 is 1. The number of unbranched alkanes of at least 4 members (excludes halogenated alkanes) is 2. The summed E-state index contributed by atoms with van der Waals surface area (Å²) in [6.07, 6.45) is 4.85. The molecule has 7 heteroatoms. The standard InChI is InChI=1S/C25H34N2O5/c1-5-6-7-14-27-20-16-18(32-4)9-8-17(20)15-19(22(27)29)21(28)26-25(23(30)31)12-10-24(2,3)11-13-25/h8-9,15-16H,5-7,10-14H2,1-4H3,(H,26,28)(H,30,31). The van der Waals surface area contributed by atoms with Gasteiger partial charge >= 0.3 is 5.97 Å². The lowest BCUT2D eigenvalue weighted by atomic mass is 9.69. The average molecular weight is 443 g/mol. The second-order valence-corrected chi connectivity index (χ2v) is 9.65. The van der Waals surface area contributed by atoms with E-state index in [1.807, 2.05) is 6.07 Å². The molecule has 0 aliphatic heterocycles. The van der Waals surface area contributed by atoms with Gasteiger partial charge in [-0.2, -0.15) is 0 Å². The maximum Gasteiger partial charge on any atom is 0.329 e. The predicted octanol–water partition coefficient (Wildman–Crippen LogP) is 4.35. The van der Waals surface area contributed by atoms with Gasteiger partial charge in [0.1, 0.15) is 16.9 Å². The Labute approximate surface area is 188 Å². The van der Waals surface area contributed by atoms with E-state index in [9.17, 15) is 19.5 Å². The monoisotopic (exact) mass is 442 g/mol. The highest BCUT2D eigenvalue weighted by atomic mass is 16.5. The Hall–Kier alpha value is -2.83. The zero-order valence-electron chi connectivity index (χ0n) is 19.5. The molecule has 0 spiro atoms. The Balaban J connectivity index is 2.01. The minimum absolute atomic E-state index is 0.0235. The normalized spacial score (nSPS) is 17.1. The SMILES string of the molecule is CCCCCn1c(=O)c(C(=O)NC2(C(=O)O)CCC(C)(C)CC2)cc2ccc(OC)cc21. The number of aryl methyl sites for hydroxylation is 1. The summed E-state index contributed by atoms with van der Waals surface area (Å²) in [6.45, 7) is 6.78. The van der Waals surface area contributed by atoms with E-state index in [-0.39, 0.29) is 11.0 Å². The summed E-state index contributed by atoms with van der Waals surface area (Å²) in [6, 6.07) is 6.96. The van der Waals surface area contributed by atoms with Crippen LogP contribution in [0.5, 0.6) is 5.75 Å². The van der Waals surface area contributed by atoms with Gasteiger partial charge in [-0.15, -0.1) is 0 Å². The molecule has 2 N–H and O–H groups in total. The number of benzene rings is 1. The van der Waals surface area contributed by atoms with Gasteiger partial charge < -0.3 is 19.7 Å².